The van der Waals surface area contributed by atoms with E-state index in [9.17, 15) is 0 Å². The minimum absolute atomic E-state index is 0.379. The number of hydrogen-bond acceptors (Lipinski definition) is 2. The summed E-state index contributed by atoms with van der Waals surface area (Å²) in [5.41, 5.74) is 6.47. The first-order chi connectivity index (χ1) is 4.83. The van der Waals surface area contributed by atoms with E-state index in [4.69, 9.17) is 11.0 Å². The lowest BCUT2D eigenvalue weighted by Crippen LogP contribution is -2.19. The van der Waals surface area contributed by atoms with Gasteiger partial charge in [0.15, 0.2) is 0 Å². The predicted molar refractivity (Wildman–Crippen MR) is 38.1 cm³/mol. The number of nitrogens with one attached hydrogen (secondary N) is 1. The second-order valence-corrected chi connectivity index (χ2v) is 2.16. The van der Waals surface area contributed by atoms with Gasteiger partial charge in [0.1, 0.15) is 0 Å². The quantitative estimate of drug-likeness (QED) is 0.616. The molecule has 0 radical (unpaired) electrons. The highest BCUT2D eigenvalue weighted by Crippen LogP contribution is 1.98. The maximum Gasteiger partial charge on any atom is 0.0969 e. The molecule has 0 aliphatic heterocycles. The monoisotopic (exact) mass is 135 g/mol. The number of aromatic nitrogens is 1. The molecule has 0 saturated heterocycles. The van der Waals surface area contributed by atoms with Crippen LogP contribution in [-0.2, 0) is 6.42 Å². The Morgan fingerprint density at radius 1 is 1.80 bits per heavy atom. The lowest BCUT2D eigenvalue weighted by Gasteiger charge is -1.96. The molecule has 0 aromatic carbocycles. The fourth-order valence-electron chi connectivity index (χ4n) is 0.785. The van der Waals surface area contributed by atoms with Crippen LogP contribution in [0, 0.1) is 11.3 Å². The van der Waals surface area contributed by atoms with Crippen molar-refractivity contribution in [1.29, 1.82) is 5.26 Å². The summed E-state index contributed by atoms with van der Waals surface area (Å²) in [7, 11) is 0. The van der Waals surface area contributed by atoms with E-state index in [0.29, 0.717) is 6.42 Å². The molecular formula is C7H9N3. The highest BCUT2D eigenvalue weighted by Gasteiger charge is 2.00. The second-order valence-electron chi connectivity index (χ2n) is 2.16. The van der Waals surface area contributed by atoms with Crippen molar-refractivity contribution < 1.29 is 0 Å². The maximum absolute atomic E-state index is 8.35. The Bertz CT molecular complexity index is 219. The summed E-state index contributed by atoms with van der Waals surface area (Å²) < 4.78 is 0. The summed E-state index contributed by atoms with van der Waals surface area (Å²) in [5.74, 6) is 0. The molecule has 1 heterocycles. The molecule has 3 nitrogen and oxygen atoms in total. The Balaban J connectivity index is 2.50. The van der Waals surface area contributed by atoms with Gasteiger partial charge in [-0.1, -0.05) is 0 Å². The molecule has 0 bridgehead atoms. The number of rotatable bonds is 2. The lowest BCUT2D eigenvalue weighted by molar-refractivity contribution is 0.824. The van der Waals surface area contributed by atoms with E-state index in [2.05, 4.69) is 4.98 Å². The van der Waals surface area contributed by atoms with Crippen molar-refractivity contribution in [2.24, 2.45) is 5.73 Å². The van der Waals surface area contributed by atoms with E-state index in [1.807, 2.05) is 24.5 Å². The van der Waals surface area contributed by atoms with Crippen LogP contribution in [0.2, 0.25) is 0 Å². The van der Waals surface area contributed by atoms with E-state index in [-0.39, 0.29) is 6.04 Å². The normalized spacial score (nSPS) is 12.4. The first kappa shape index (κ1) is 6.84. The third kappa shape index (κ3) is 1.61. The molecule has 1 aromatic heterocycles. The summed E-state index contributed by atoms with van der Waals surface area (Å²) in [5, 5.41) is 8.35. The van der Waals surface area contributed by atoms with Gasteiger partial charge in [-0.3, -0.25) is 0 Å². The molecule has 0 aliphatic rings. The fourth-order valence-corrected chi connectivity index (χ4v) is 0.785. The SMILES string of the molecule is N#CC(N)Cc1cc[nH]c1. The Labute approximate surface area is 59.5 Å². The van der Waals surface area contributed by atoms with Gasteiger partial charge in [-0.15, -0.1) is 0 Å². The highest BCUT2D eigenvalue weighted by atomic mass is 14.7. The molecule has 10 heavy (non-hydrogen) atoms. The number of nitrogens with two attached hydrogens (primary N) is 1. The van der Waals surface area contributed by atoms with Crippen molar-refractivity contribution in [3.63, 3.8) is 0 Å². The Kier molecular flexibility index (Phi) is 2.08. The molecule has 1 atom stereocenters. The number of nitrogens with zero attached hydrogens (tertiary/aromatic N) is 1. The molecule has 1 unspecified atom stereocenters. The van der Waals surface area contributed by atoms with E-state index in [0.717, 1.165) is 5.56 Å². The molecule has 0 fully saturated rings. The minimum atomic E-state index is -0.379. The lowest BCUT2D eigenvalue weighted by atomic mass is 10.1. The van der Waals surface area contributed by atoms with E-state index < -0.39 is 0 Å². The zero-order chi connectivity index (χ0) is 7.40. The third-order valence-corrected chi connectivity index (χ3v) is 1.28. The highest BCUT2D eigenvalue weighted by molar-refractivity contribution is 5.12. The van der Waals surface area contributed by atoms with Crippen LogP contribution < -0.4 is 5.73 Å². The van der Waals surface area contributed by atoms with Gasteiger partial charge in [0, 0.05) is 18.8 Å². The van der Waals surface area contributed by atoms with Crippen molar-refractivity contribution in [3.8, 4) is 6.07 Å². The number of aromatic amines is 1. The van der Waals surface area contributed by atoms with Crippen LogP contribution in [0.15, 0.2) is 18.5 Å². The Hall–Kier alpha value is -1.27. The van der Waals surface area contributed by atoms with Crippen LogP contribution in [0.25, 0.3) is 0 Å². The predicted octanol–water partition coefficient (Wildman–Crippen LogP) is 0.408. The minimum Gasteiger partial charge on any atom is -0.367 e. The van der Waals surface area contributed by atoms with Crippen molar-refractivity contribution in [3.05, 3.63) is 24.0 Å². The van der Waals surface area contributed by atoms with Crippen LogP contribution in [0.5, 0.6) is 0 Å². The van der Waals surface area contributed by atoms with Crippen LogP contribution in [0.4, 0.5) is 0 Å². The molecule has 3 heteroatoms. The van der Waals surface area contributed by atoms with Gasteiger partial charge in [0.2, 0.25) is 0 Å². The van der Waals surface area contributed by atoms with Crippen molar-refractivity contribution >= 4 is 0 Å². The zero-order valence-corrected chi connectivity index (χ0v) is 5.54. The Morgan fingerprint density at radius 2 is 2.60 bits per heavy atom. The average molecular weight is 135 g/mol. The smallest absolute Gasteiger partial charge is 0.0969 e. The van der Waals surface area contributed by atoms with E-state index >= 15 is 0 Å². The van der Waals surface area contributed by atoms with Gasteiger partial charge < -0.3 is 10.7 Å². The van der Waals surface area contributed by atoms with Gasteiger partial charge in [0.25, 0.3) is 0 Å². The second kappa shape index (κ2) is 3.04. The number of H-pyrrole nitrogens is 1. The molecular weight excluding hydrogens is 126 g/mol. The van der Waals surface area contributed by atoms with Crippen LogP contribution in [0.3, 0.4) is 0 Å². The summed E-state index contributed by atoms with van der Waals surface area (Å²) >= 11 is 0. The van der Waals surface area contributed by atoms with Gasteiger partial charge >= 0.3 is 0 Å². The summed E-state index contributed by atoms with van der Waals surface area (Å²) in [4.78, 5) is 2.89. The van der Waals surface area contributed by atoms with Crippen LogP contribution >= 0.6 is 0 Å². The third-order valence-electron chi connectivity index (χ3n) is 1.28. The van der Waals surface area contributed by atoms with Crippen molar-refractivity contribution in [2.45, 2.75) is 12.5 Å². The molecule has 0 aliphatic carbocycles. The average Bonchev–Trinajstić information content (AvgIpc) is 2.40. The van der Waals surface area contributed by atoms with Crippen LogP contribution in [-0.4, -0.2) is 11.0 Å². The van der Waals surface area contributed by atoms with Gasteiger partial charge in [-0.2, -0.15) is 5.26 Å². The van der Waals surface area contributed by atoms with Crippen molar-refractivity contribution in [2.75, 3.05) is 0 Å². The number of nitriles is 1. The molecule has 1 aromatic rings. The van der Waals surface area contributed by atoms with Gasteiger partial charge in [-0.05, 0) is 11.6 Å². The molecule has 0 amide bonds. The zero-order valence-electron chi connectivity index (χ0n) is 5.54. The largest absolute Gasteiger partial charge is 0.367 e. The van der Waals surface area contributed by atoms with Crippen molar-refractivity contribution in [1.82, 2.24) is 4.98 Å². The maximum atomic E-state index is 8.35. The van der Waals surface area contributed by atoms with Gasteiger partial charge in [0.05, 0.1) is 12.1 Å². The van der Waals surface area contributed by atoms with Crippen LogP contribution in [0.1, 0.15) is 5.56 Å². The topological polar surface area (TPSA) is 65.6 Å². The summed E-state index contributed by atoms with van der Waals surface area (Å²) in [6, 6.07) is 3.50. The van der Waals surface area contributed by atoms with E-state index in [1.54, 1.807) is 0 Å². The standard InChI is InChI=1S/C7H9N3/c8-4-7(9)3-6-1-2-10-5-6/h1-2,5,7,10H,3,9H2. The Morgan fingerprint density at radius 3 is 3.10 bits per heavy atom. The molecule has 0 spiro atoms. The fraction of sp³-hybridized carbons (Fsp3) is 0.286. The molecule has 1 rings (SSSR count). The van der Waals surface area contributed by atoms with E-state index in [1.165, 1.54) is 0 Å². The molecule has 3 N–H and O–H groups in total. The molecule has 0 saturated carbocycles. The summed E-state index contributed by atoms with van der Waals surface area (Å²) in [6.07, 6.45) is 4.29. The number of hydrogen-bond donors (Lipinski definition) is 2. The first-order valence-corrected chi connectivity index (χ1v) is 3.10. The summed E-state index contributed by atoms with van der Waals surface area (Å²) in [6.45, 7) is 0. The molecule has 52 valence electrons. The van der Waals surface area contributed by atoms with Gasteiger partial charge in [-0.25, -0.2) is 0 Å². The first-order valence-electron chi connectivity index (χ1n) is 3.10.